The molecule has 2 aromatic carbocycles. The molecule has 6 nitrogen and oxygen atoms in total. The number of hydrogen-bond donors (Lipinski definition) is 1. The van der Waals surface area contributed by atoms with Crippen LogP contribution in [0.15, 0.2) is 48.5 Å². The smallest absolute Gasteiger partial charge is 0.261 e. The van der Waals surface area contributed by atoms with Crippen molar-refractivity contribution in [1.29, 1.82) is 0 Å². The number of sulfonamides is 1. The Morgan fingerprint density at radius 2 is 1.92 bits per heavy atom. The Bertz CT molecular complexity index is 917. The van der Waals surface area contributed by atoms with Crippen molar-refractivity contribution in [3.05, 3.63) is 59.1 Å². The molecule has 0 spiro atoms. The number of amides is 1. The summed E-state index contributed by atoms with van der Waals surface area (Å²) in [5.74, 6) is 0.0587. The van der Waals surface area contributed by atoms with Crippen molar-refractivity contribution in [1.82, 2.24) is 5.32 Å². The minimum atomic E-state index is -3.47. The average Bonchev–Trinajstić information content (AvgIpc) is 2.80. The molecule has 1 atom stereocenters. The van der Waals surface area contributed by atoms with E-state index in [2.05, 4.69) is 5.32 Å². The Kier molecular flexibility index (Phi) is 5.38. The quantitative estimate of drug-likeness (QED) is 0.864. The van der Waals surface area contributed by atoms with Gasteiger partial charge >= 0.3 is 0 Å². The first-order valence-electron chi connectivity index (χ1n) is 8.11. The number of carbonyl (C=O) groups excluding carboxylic acids is 1. The molecule has 0 saturated heterocycles. The van der Waals surface area contributed by atoms with Gasteiger partial charge < -0.3 is 10.1 Å². The van der Waals surface area contributed by atoms with E-state index in [1.165, 1.54) is 4.31 Å². The number of carbonyl (C=O) groups is 1. The van der Waals surface area contributed by atoms with Crippen LogP contribution in [0.3, 0.4) is 0 Å². The number of hydrogen-bond acceptors (Lipinski definition) is 4. The van der Waals surface area contributed by atoms with E-state index in [9.17, 15) is 13.2 Å². The topological polar surface area (TPSA) is 75.7 Å². The highest BCUT2D eigenvalue weighted by Gasteiger charge is 2.30. The summed E-state index contributed by atoms with van der Waals surface area (Å²) in [6.07, 6.45) is 0.600. The third-order valence-corrected chi connectivity index (χ3v) is 5.65. The summed E-state index contributed by atoms with van der Waals surface area (Å²) < 4.78 is 31.2. The van der Waals surface area contributed by atoms with Crippen molar-refractivity contribution < 1.29 is 17.9 Å². The lowest BCUT2D eigenvalue weighted by atomic mass is 10.2. The fourth-order valence-electron chi connectivity index (χ4n) is 2.80. The number of ether oxygens (including phenoxy) is 1. The third-order valence-electron chi connectivity index (χ3n) is 4.10. The van der Waals surface area contributed by atoms with Crippen LogP contribution in [0.25, 0.3) is 0 Å². The Labute approximate surface area is 157 Å². The predicted octanol–water partition coefficient (Wildman–Crippen LogP) is 2.57. The molecule has 138 valence electrons. The first kappa shape index (κ1) is 18.5. The summed E-state index contributed by atoms with van der Waals surface area (Å²) in [4.78, 5) is 12.6. The van der Waals surface area contributed by atoms with E-state index < -0.39 is 16.1 Å². The van der Waals surface area contributed by atoms with Crippen LogP contribution in [0, 0.1) is 0 Å². The molecule has 1 N–H and O–H groups in total. The monoisotopic (exact) mass is 394 g/mol. The number of fused-ring (bicyclic) bond motifs is 1. The van der Waals surface area contributed by atoms with E-state index in [1.54, 1.807) is 30.3 Å². The number of halogens is 1. The van der Waals surface area contributed by atoms with Gasteiger partial charge in [0, 0.05) is 24.5 Å². The minimum absolute atomic E-state index is 0.167. The molecule has 0 saturated carbocycles. The number of anilines is 1. The van der Waals surface area contributed by atoms with Crippen LogP contribution in [0.2, 0.25) is 5.02 Å². The Hall–Kier alpha value is -2.25. The average molecular weight is 395 g/mol. The Morgan fingerprint density at radius 3 is 2.65 bits per heavy atom. The molecule has 2 aromatic rings. The van der Waals surface area contributed by atoms with Gasteiger partial charge in [-0.05, 0) is 23.8 Å². The largest absolute Gasteiger partial charge is 0.478 e. The van der Waals surface area contributed by atoms with Crippen molar-refractivity contribution in [2.75, 3.05) is 17.1 Å². The molecular weight excluding hydrogens is 376 g/mol. The molecule has 1 aliphatic heterocycles. The van der Waals surface area contributed by atoms with E-state index in [-0.39, 0.29) is 25.4 Å². The summed E-state index contributed by atoms with van der Waals surface area (Å²) in [5, 5.41) is 3.38. The first-order valence-corrected chi connectivity index (χ1v) is 10.3. The number of rotatable bonds is 4. The van der Waals surface area contributed by atoms with Crippen LogP contribution < -0.4 is 14.4 Å². The molecule has 1 aliphatic rings. The van der Waals surface area contributed by atoms with Gasteiger partial charge in [0.05, 0.1) is 11.9 Å². The lowest BCUT2D eigenvalue weighted by Crippen LogP contribution is -2.39. The maximum Gasteiger partial charge on any atom is 0.261 e. The number of benzene rings is 2. The third kappa shape index (κ3) is 4.11. The van der Waals surface area contributed by atoms with E-state index >= 15 is 0 Å². The summed E-state index contributed by atoms with van der Waals surface area (Å²) >= 11 is 6.10. The van der Waals surface area contributed by atoms with Crippen LogP contribution in [0.1, 0.15) is 12.0 Å². The van der Waals surface area contributed by atoms with Gasteiger partial charge in [0.2, 0.25) is 10.0 Å². The first-order chi connectivity index (χ1) is 12.4. The van der Waals surface area contributed by atoms with Crippen LogP contribution in [0.4, 0.5) is 5.69 Å². The van der Waals surface area contributed by atoms with Crippen LogP contribution in [-0.4, -0.2) is 33.2 Å². The maximum absolute atomic E-state index is 12.6. The summed E-state index contributed by atoms with van der Waals surface area (Å²) in [5.41, 5.74) is 1.24. The number of nitrogens with zero attached hydrogens (tertiary/aromatic N) is 1. The van der Waals surface area contributed by atoms with Crippen molar-refractivity contribution in [2.24, 2.45) is 0 Å². The van der Waals surface area contributed by atoms with Gasteiger partial charge in [0.25, 0.3) is 5.91 Å². The van der Waals surface area contributed by atoms with Gasteiger partial charge in [-0.3, -0.25) is 9.10 Å². The van der Waals surface area contributed by atoms with Gasteiger partial charge in [-0.1, -0.05) is 41.9 Å². The Morgan fingerprint density at radius 1 is 1.23 bits per heavy atom. The van der Waals surface area contributed by atoms with E-state index in [0.29, 0.717) is 16.5 Å². The number of nitrogens with one attached hydrogen (secondary N) is 1. The molecular formula is C18H19ClN2O4S. The molecule has 3 rings (SSSR count). The predicted molar refractivity (Wildman–Crippen MR) is 101 cm³/mol. The SMILES string of the molecule is CS(=O)(=O)N1CC[C@@H](C(=O)NCc2ccccc2Cl)Oc2ccccc21. The Balaban J connectivity index is 1.76. The highest BCUT2D eigenvalue weighted by Crippen LogP contribution is 2.33. The zero-order chi connectivity index (χ0) is 18.7. The van der Waals surface area contributed by atoms with Crippen LogP contribution in [-0.2, 0) is 21.4 Å². The van der Waals surface area contributed by atoms with E-state index in [1.807, 2.05) is 18.2 Å². The zero-order valence-electron chi connectivity index (χ0n) is 14.2. The standard InChI is InChI=1S/C18H19ClN2O4S/c1-26(23,24)21-11-10-17(25-16-9-5-4-8-15(16)21)18(22)20-12-13-6-2-3-7-14(13)19/h2-9,17H,10-12H2,1H3,(H,20,22)/t17-/m0/s1. The summed E-state index contributed by atoms with van der Waals surface area (Å²) in [7, 11) is -3.47. The van der Waals surface area contributed by atoms with Crippen molar-refractivity contribution in [2.45, 2.75) is 19.1 Å². The van der Waals surface area contributed by atoms with Gasteiger partial charge in [-0.25, -0.2) is 8.42 Å². The fraction of sp³-hybridized carbons (Fsp3) is 0.278. The second kappa shape index (κ2) is 7.55. The highest BCUT2D eigenvalue weighted by atomic mass is 35.5. The van der Waals surface area contributed by atoms with Gasteiger partial charge in [0.1, 0.15) is 5.75 Å². The van der Waals surface area contributed by atoms with Gasteiger partial charge in [-0.15, -0.1) is 0 Å². The number of para-hydroxylation sites is 2. The van der Waals surface area contributed by atoms with Crippen LogP contribution >= 0.6 is 11.6 Å². The van der Waals surface area contributed by atoms with Gasteiger partial charge in [-0.2, -0.15) is 0 Å². The molecule has 0 fully saturated rings. The van der Waals surface area contributed by atoms with E-state index in [0.717, 1.165) is 11.8 Å². The minimum Gasteiger partial charge on any atom is -0.478 e. The van der Waals surface area contributed by atoms with Crippen molar-refractivity contribution in [3.63, 3.8) is 0 Å². The molecule has 1 heterocycles. The molecule has 0 aromatic heterocycles. The lowest BCUT2D eigenvalue weighted by Gasteiger charge is -2.20. The highest BCUT2D eigenvalue weighted by molar-refractivity contribution is 7.92. The molecule has 26 heavy (non-hydrogen) atoms. The van der Waals surface area contributed by atoms with E-state index in [4.69, 9.17) is 16.3 Å². The zero-order valence-corrected chi connectivity index (χ0v) is 15.8. The normalized spacial score (nSPS) is 17.0. The summed E-state index contributed by atoms with van der Waals surface area (Å²) in [6, 6.07) is 14.0. The van der Waals surface area contributed by atoms with Crippen LogP contribution in [0.5, 0.6) is 5.75 Å². The molecule has 8 heteroatoms. The molecule has 0 bridgehead atoms. The molecule has 0 aliphatic carbocycles. The summed E-state index contributed by atoms with van der Waals surface area (Å²) in [6.45, 7) is 0.440. The van der Waals surface area contributed by atoms with Crippen molar-refractivity contribution in [3.8, 4) is 5.75 Å². The maximum atomic E-state index is 12.6. The fourth-order valence-corrected chi connectivity index (χ4v) is 3.94. The van der Waals surface area contributed by atoms with Crippen molar-refractivity contribution >= 4 is 33.2 Å². The molecule has 0 radical (unpaired) electrons. The van der Waals surface area contributed by atoms with Gasteiger partial charge in [0.15, 0.2) is 6.10 Å². The second-order valence-corrected chi connectivity index (χ2v) is 8.32. The second-order valence-electron chi connectivity index (χ2n) is 6.01. The molecule has 1 amide bonds. The lowest BCUT2D eigenvalue weighted by molar-refractivity contribution is -0.128. The molecule has 0 unspecified atom stereocenters.